The van der Waals surface area contributed by atoms with Crippen LogP contribution in [0.4, 0.5) is 16.2 Å². The Labute approximate surface area is 154 Å². The average molecular weight is 351 g/mol. The van der Waals surface area contributed by atoms with Crippen molar-refractivity contribution in [3.8, 4) is 0 Å². The van der Waals surface area contributed by atoms with Gasteiger partial charge in [-0.05, 0) is 69.5 Å². The molecule has 2 aromatic carbocycles. The molecule has 0 spiro atoms. The molecule has 0 aromatic heterocycles. The first kappa shape index (κ1) is 19.4. The quantitative estimate of drug-likeness (QED) is 0.594. The van der Waals surface area contributed by atoms with Crippen molar-refractivity contribution in [3.63, 3.8) is 0 Å². The standard InChI is InChI=1S/C21H25N3O2/c1-15(2)24(16(3)4)21(26)23-20-11-7-18(8-12-20)13-17-5-9-19(10-6-17)22-14-25/h5-12,15-16H,13H2,1-4H3,(H,23,26). The van der Waals surface area contributed by atoms with Crippen LogP contribution in [-0.4, -0.2) is 29.1 Å². The number of isocyanates is 1. The summed E-state index contributed by atoms with van der Waals surface area (Å²) < 4.78 is 0. The summed E-state index contributed by atoms with van der Waals surface area (Å²) in [5, 5.41) is 2.96. The Balaban J connectivity index is 2.01. The van der Waals surface area contributed by atoms with Crippen LogP contribution in [0, 0.1) is 0 Å². The van der Waals surface area contributed by atoms with E-state index in [1.807, 2.05) is 69.0 Å². The number of rotatable bonds is 6. The molecule has 0 atom stereocenters. The van der Waals surface area contributed by atoms with Crippen LogP contribution in [0.2, 0.25) is 0 Å². The van der Waals surface area contributed by atoms with Crippen LogP contribution in [0.15, 0.2) is 53.5 Å². The fraction of sp³-hybridized carbons (Fsp3) is 0.333. The summed E-state index contributed by atoms with van der Waals surface area (Å²) in [6, 6.07) is 15.5. The van der Waals surface area contributed by atoms with Gasteiger partial charge >= 0.3 is 6.03 Å². The minimum absolute atomic E-state index is 0.0888. The topological polar surface area (TPSA) is 61.8 Å². The van der Waals surface area contributed by atoms with E-state index in [2.05, 4.69) is 10.3 Å². The Morgan fingerprint density at radius 2 is 1.46 bits per heavy atom. The number of carbonyl (C=O) groups is 1. The van der Waals surface area contributed by atoms with Crippen LogP contribution in [0.25, 0.3) is 0 Å². The van der Waals surface area contributed by atoms with E-state index in [9.17, 15) is 9.59 Å². The zero-order valence-corrected chi connectivity index (χ0v) is 15.7. The van der Waals surface area contributed by atoms with Gasteiger partial charge in [0.1, 0.15) is 0 Å². The van der Waals surface area contributed by atoms with Crippen LogP contribution in [0.3, 0.4) is 0 Å². The van der Waals surface area contributed by atoms with E-state index in [1.165, 1.54) is 6.08 Å². The van der Waals surface area contributed by atoms with Crippen LogP contribution < -0.4 is 5.32 Å². The van der Waals surface area contributed by atoms with Crippen molar-refractivity contribution in [2.24, 2.45) is 4.99 Å². The Morgan fingerprint density at radius 3 is 1.92 bits per heavy atom. The van der Waals surface area contributed by atoms with Crippen LogP contribution in [0.5, 0.6) is 0 Å². The highest BCUT2D eigenvalue weighted by atomic mass is 16.2. The third-order valence-corrected chi connectivity index (χ3v) is 4.07. The molecule has 2 rings (SSSR count). The first-order valence-corrected chi connectivity index (χ1v) is 8.75. The number of aliphatic imine (C=N–C) groups is 1. The molecule has 5 heteroatoms. The zero-order valence-electron chi connectivity index (χ0n) is 15.7. The van der Waals surface area contributed by atoms with Gasteiger partial charge in [0.2, 0.25) is 6.08 Å². The predicted molar refractivity (Wildman–Crippen MR) is 105 cm³/mol. The minimum Gasteiger partial charge on any atom is -0.320 e. The number of hydrogen-bond acceptors (Lipinski definition) is 3. The smallest absolute Gasteiger partial charge is 0.320 e. The lowest BCUT2D eigenvalue weighted by Gasteiger charge is -2.30. The molecule has 0 saturated heterocycles. The van der Waals surface area contributed by atoms with E-state index in [4.69, 9.17) is 0 Å². The Bertz CT molecular complexity index is 766. The van der Waals surface area contributed by atoms with E-state index < -0.39 is 0 Å². The third kappa shape index (κ3) is 5.30. The highest BCUT2D eigenvalue weighted by molar-refractivity contribution is 5.89. The normalized spacial score (nSPS) is 10.5. The van der Waals surface area contributed by atoms with Crippen molar-refractivity contribution in [2.45, 2.75) is 46.2 Å². The van der Waals surface area contributed by atoms with E-state index in [0.717, 1.165) is 23.2 Å². The van der Waals surface area contributed by atoms with Gasteiger partial charge in [0.15, 0.2) is 0 Å². The van der Waals surface area contributed by atoms with Crippen molar-refractivity contribution in [3.05, 3.63) is 59.7 Å². The average Bonchev–Trinajstić information content (AvgIpc) is 2.58. The van der Waals surface area contributed by atoms with Crippen LogP contribution >= 0.6 is 0 Å². The van der Waals surface area contributed by atoms with E-state index >= 15 is 0 Å². The number of nitrogens with one attached hydrogen (secondary N) is 1. The predicted octanol–water partition coefficient (Wildman–Crippen LogP) is 4.90. The summed E-state index contributed by atoms with van der Waals surface area (Å²) in [5.74, 6) is 0. The van der Waals surface area contributed by atoms with Crippen molar-refractivity contribution in [1.29, 1.82) is 0 Å². The fourth-order valence-corrected chi connectivity index (χ4v) is 2.94. The number of urea groups is 1. The van der Waals surface area contributed by atoms with Gasteiger partial charge in [-0.15, -0.1) is 0 Å². The highest BCUT2D eigenvalue weighted by Crippen LogP contribution is 2.18. The van der Waals surface area contributed by atoms with Crippen molar-refractivity contribution in [1.82, 2.24) is 4.90 Å². The number of anilines is 1. The second kappa shape index (κ2) is 8.97. The Hall–Kier alpha value is -2.91. The molecule has 0 fully saturated rings. The summed E-state index contributed by atoms with van der Waals surface area (Å²) in [6.07, 6.45) is 2.30. The van der Waals surface area contributed by atoms with Crippen molar-refractivity contribution < 1.29 is 9.59 Å². The maximum Gasteiger partial charge on any atom is 0.322 e. The van der Waals surface area contributed by atoms with E-state index in [-0.39, 0.29) is 18.1 Å². The van der Waals surface area contributed by atoms with Gasteiger partial charge in [-0.3, -0.25) is 0 Å². The molecule has 0 bridgehead atoms. The monoisotopic (exact) mass is 351 g/mol. The summed E-state index contributed by atoms with van der Waals surface area (Å²) in [6.45, 7) is 8.03. The molecular weight excluding hydrogens is 326 g/mol. The molecule has 0 saturated carbocycles. The van der Waals surface area contributed by atoms with Gasteiger partial charge in [-0.25, -0.2) is 9.59 Å². The SMILES string of the molecule is CC(C)N(C(=O)Nc1ccc(Cc2ccc(N=C=O)cc2)cc1)C(C)C. The summed E-state index contributed by atoms with van der Waals surface area (Å²) in [4.78, 5) is 28.1. The second-order valence-corrected chi connectivity index (χ2v) is 6.77. The van der Waals surface area contributed by atoms with Gasteiger partial charge < -0.3 is 10.2 Å². The number of nitrogens with zero attached hydrogens (tertiary/aromatic N) is 2. The molecule has 2 aromatic rings. The lowest BCUT2D eigenvalue weighted by atomic mass is 10.0. The minimum atomic E-state index is -0.0888. The van der Waals surface area contributed by atoms with Gasteiger partial charge in [-0.2, -0.15) is 4.99 Å². The first-order valence-electron chi connectivity index (χ1n) is 8.75. The highest BCUT2D eigenvalue weighted by Gasteiger charge is 2.19. The molecule has 0 radical (unpaired) electrons. The van der Waals surface area contributed by atoms with Gasteiger partial charge in [0, 0.05) is 17.8 Å². The fourth-order valence-electron chi connectivity index (χ4n) is 2.94. The molecule has 5 nitrogen and oxygen atoms in total. The van der Waals surface area contributed by atoms with Gasteiger partial charge in [-0.1, -0.05) is 24.3 Å². The first-order chi connectivity index (χ1) is 12.4. The third-order valence-electron chi connectivity index (χ3n) is 4.07. The molecule has 0 aliphatic rings. The van der Waals surface area contributed by atoms with E-state index in [0.29, 0.717) is 5.69 Å². The number of carbonyl (C=O) groups excluding carboxylic acids is 2. The van der Waals surface area contributed by atoms with Crippen molar-refractivity contribution in [2.75, 3.05) is 5.32 Å². The molecule has 1 N–H and O–H groups in total. The Morgan fingerprint density at radius 1 is 0.962 bits per heavy atom. The maximum absolute atomic E-state index is 12.4. The number of benzene rings is 2. The molecule has 0 unspecified atom stereocenters. The lowest BCUT2D eigenvalue weighted by Crippen LogP contribution is -2.44. The van der Waals surface area contributed by atoms with Crippen molar-refractivity contribution >= 4 is 23.5 Å². The molecule has 0 aliphatic carbocycles. The molecular formula is C21H25N3O2. The zero-order chi connectivity index (χ0) is 19.1. The number of amides is 2. The largest absolute Gasteiger partial charge is 0.322 e. The summed E-state index contributed by atoms with van der Waals surface area (Å²) in [7, 11) is 0. The molecule has 26 heavy (non-hydrogen) atoms. The van der Waals surface area contributed by atoms with Gasteiger partial charge in [0.05, 0.1) is 5.69 Å². The lowest BCUT2D eigenvalue weighted by molar-refractivity contribution is 0.178. The van der Waals surface area contributed by atoms with Crippen LogP contribution in [0.1, 0.15) is 38.8 Å². The molecule has 0 aliphatic heterocycles. The maximum atomic E-state index is 12.4. The van der Waals surface area contributed by atoms with E-state index in [1.54, 1.807) is 12.1 Å². The molecule has 0 heterocycles. The summed E-state index contributed by atoms with van der Waals surface area (Å²) >= 11 is 0. The Kier molecular flexibility index (Phi) is 6.70. The van der Waals surface area contributed by atoms with Crippen LogP contribution in [-0.2, 0) is 11.2 Å². The second-order valence-electron chi connectivity index (χ2n) is 6.77. The molecule has 136 valence electrons. The van der Waals surface area contributed by atoms with Gasteiger partial charge in [0.25, 0.3) is 0 Å². The summed E-state index contributed by atoms with van der Waals surface area (Å²) in [5.41, 5.74) is 3.64. The number of hydrogen-bond donors (Lipinski definition) is 1. The molecule has 2 amide bonds.